The first-order chi connectivity index (χ1) is 10.7. The molecule has 1 N–H and O–H groups in total. The molecule has 1 aliphatic rings. The van der Waals surface area contributed by atoms with Crippen LogP contribution in [0.25, 0.3) is 0 Å². The first kappa shape index (κ1) is 17.7. The minimum absolute atomic E-state index is 0.00417. The molecule has 0 aliphatic heterocycles. The number of halogens is 1. The van der Waals surface area contributed by atoms with Gasteiger partial charge in [0.1, 0.15) is 5.56 Å². The molecule has 1 aliphatic carbocycles. The number of rotatable bonds is 5. The zero-order valence-electron chi connectivity index (χ0n) is 13.2. The fourth-order valence-electron chi connectivity index (χ4n) is 2.73. The molecule has 1 aromatic rings. The molecule has 0 saturated carbocycles. The summed E-state index contributed by atoms with van der Waals surface area (Å²) in [5, 5.41) is 2.15. The highest BCUT2D eigenvalue weighted by atomic mass is 35.5. The molecule has 23 heavy (non-hydrogen) atoms. The minimum atomic E-state index is -3.31. The number of aromatic amines is 1. The van der Waals surface area contributed by atoms with Crippen LogP contribution in [0.1, 0.15) is 37.0 Å². The molecule has 8 heteroatoms. The molecule has 1 atom stereocenters. The van der Waals surface area contributed by atoms with E-state index in [9.17, 15) is 18.0 Å². The van der Waals surface area contributed by atoms with E-state index in [2.05, 4.69) is 5.10 Å². The number of hydrogen-bond acceptors (Lipinski definition) is 4. The molecule has 1 heterocycles. The average molecular weight is 359 g/mol. The predicted octanol–water partition coefficient (Wildman–Crippen LogP) is 2.03. The van der Waals surface area contributed by atoms with Crippen LogP contribution in [0.4, 0.5) is 0 Å². The predicted molar refractivity (Wildman–Crippen MR) is 89.6 cm³/mol. The van der Waals surface area contributed by atoms with E-state index in [1.807, 2.05) is 0 Å². The van der Waals surface area contributed by atoms with Crippen molar-refractivity contribution in [3.8, 4) is 0 Å². The maximum absolute atomic E-state index is 12.6. The summed E-state index contributed by atoms with van der Waals surface area (Å²) < 4.78 is 25.1. The van der Waals surface area contributed by atoms with Crippen molar-refractivity contribution in [2.24, 2.45) is 0 Å². The van der Waals surface area contributed by atoms with Crippen LogP contribution in [0.5, 0.6) is 0 Å². The topological polar surface area (TPSA) is 89.0 Å². The van der Waals surface area contributed by atoms with E-state index in [0.717, 1.165) is 6.26 Å². The van der Waals surface area contributed by atoms with E-state index in [0.29, 0.717) is 18.5 Å². The number of aromatic nitrogens is 2. The molecule has 0 saturated heterocycles. The number of sulfone groups is 1. The van der Waals surface area contributed by atoms with Gasteiger partial charge in [0.25, 0.3) is 5.56 Å². The highest BCUT2D eigenvalue weighted by Gasteiger charge is 2.32. The fourth-order valence-corrected chi connectivity index (χ4v) is 4.47. The van der Waals surface area contributed by atoms with Crippen LogP contribution in [0, 0.1) is 0 Å². The van der Waals surface area contributed by atoms with Crippen molar-refractivity contribution in [1.29, 1.82) is 0 Å². The Kier molecular flexibility index (Phi) is 5.01. The van der Waals surface area contributed by atoms with Gasteiger partial charge < -0.3 is 5.10 Å². The van der Waals surface area contributed by atoms with Crippen molar-refractivity contribution in [2.45, 2.75) is 38.5 Å². The van der Waals surface area contributed by atoms with Gasteiger partial charge in [-0.25, -0.2) is 8.42 Å². The third kappa shape index (κ3) is 3.21. The standard InChI is InChI=1S/C15H19ClN2O4S/c1-4-9-12(23(3,21)22)7-6-10(13(9)16)14(19)11-8-17-18(5-2)15(11)20/h6,8,12,17H,4-5,7H2,1-3H3. The molecule has 0 fully saturated rings. The van der Waals surface area contributed by atoms with Crippen molar-refractivity contribution in [3.63, 3.8) is 0 Å². The summed E-state index contributed by atoms with van der Waals surface area (Å²) in [7, 11) is -3.31. The third-order valence-corrected chi connectivity index (χ3v) is 5.94. The van der Waals surface area contributed by atoms with Crippen LogP contribution in [-0.2, 0) is 16.4 Å². The Hall–Kier alpha value is -1.60. The van der Waals surface area contributed by atoms with Crippen LogP contribution in [-0.4, -0.2) is 35.5 Å². The number of allylic oxidation sites excluding steroid dienone is 3. The molecule has 6 nitrogen and oxygen atoms in total. The highest BCUT2D eigenvalue weighted by Crippen LogP contribution is 2.35. The zero-order valence-corrected chi connectivity index (χ0v) is 14.8. The number of carbonyl (C=O) groups is 1. The van der Waals surface area contributed by atoms with E-state index < -0.39 is 26.4 Å². The quantitative estimate of drug-likeness (QED) is 0.815. The van der Waals surface area contributed by atoms with Gasteiger partial charge in [0.15, 0.2) is 9.84 Å². The van der Waals surface area contributed by atoms with Gasteiger partial charge in [-0.1, -0.05) is 24.6 Å². The molecule has 0 radical (unpaired) electrons. The lowest BCUT2D eigenvalue weighted by Gasteiger charge is -2.23. The van der Waals surface area contributed by atoms with E-state index >= 15 is 0 Å². The number of aryl methyl sites for hydroxylation is 1. The number of carbonyl (C=O) groups excluding carboxylic acids is 1. The van der Waals surface area contributed by atoms with Gasteiger partial charge in [0.05, 0.1) is 10.3 Å². The summed E-state index contributed by atoms with van der Waals surface area (Å²) in [5.74, 6) is -0.485. The molecule has 0 amide bonds. The lowest BCUT2D eigenvalue weighted by Crippen LogP contribution is -2.27. The van der Waals surface area contributed by atoms with Crippen LogP contribution < -0.4 is 5.56 Å². The second-order valence-electron chi connectivity index (χ2n) is 5.43. The molecule has 1 unspecified atom stereocenters. The molecule has 126 valence electrons. The van der Waals surface area contributed by atoms with E-state index in [1.165, 1.54) is 17.0 Å². The second-order valence-corrected chi connectivity index (χ2v) is 8.04. The van der Waals surface area contributed by atoms with Gasteiger partial charge in [-0.2, -0.15) is 0 Å². The Morgan fingerprint density at radius 1 is 1.43 bits per heavy atom. The molecular weight excluding hydrogens is 340 g/mol. The van der Waals surface area contributed by atoms with Gasteiger partial charge in [0, 0.05) is 24.6 Å². The lowest BCUT2D eigenvalue weighted by atomic mass is 9.93. The maximum Gasteiger partial charge on any atom is 0.277 e. The number of nitrogens with one attached hydrogen (secondary N) is 1. The Morgan fingerprint density at radius 3 is 2.57 bits per heavy atom. The lowest BCUT2D eigenvalue weighted by molar-refractivity contribution is 0.103. The number of nitrogens with zero attached hydrogens (tertiary/aromatic N) is 1. The SMILES string of the molecule is CCC1=C(Cl)C(C(=O)c2c[nH]n(CC)c2=O)=CCC1S(C)(=O)=O. The number of ketones is 1. The summed E-state index contributed by atoms with van der Waals surface area (Å²) >= 11 is 6.29. The van der Waals surface area contributed by atoms with Gasteiger partial charge >= 0.3 is 0 Å². The minimum Gasteiger partial charge on any atom is -0.302 e. The highest BCUT2D eigenvalue weighted by molar-refractivity contribution is 7.91. The van der Waals surface area contributed by atoms with Crippen molar-refractivity contribution in [2.75, 3.05) is 6.26 Å². The van der Waals surface area contributed by atoms with Gasteiger partial charge in [0.2, 0.25) is 5.78 Å². The Labute approximate surface area is 139 Å². The summed E-state index contributed by atoms with van der Waals surface area (Å²) in [4.78, 5) is 24.7. The van der Waals surface area contributed by atoms with Crippen molar-refractivity contribution in [1.82, 2.24) is 9.78 Å². The number of hydrogen-bond donors (Lipinski definition) is 1. The molecular formula is C15H19ClN2O4S. The smallest absolute Gasteiger partial charge is 0.277 e. The first-order valence-electron chi connectivity index (χ1n) is 7.33. The summed E-state index contributed by atoms with van der Waals surface area (Å²) in [5.41, 5.74) is 0.310. The molecule has 0 bridgehead atoms. The largest absolute Gasteiger partial charge is 0.302 e. The molecule has 0 aromatic carbocycles. The van der Waals surface area contributed by atoms with E-state index in [4.69, 9.17) is 11.6 Å². The van der Waals surface area contributed by atoms with Gasteiger partial charge in [-0.15, -0.1) is 0 Å². The first-order valence-corrected chi connectivity index (χ1v) is 9.66. The normalized spacial score (nSPS) is 19.0. The fraction of sp³-hybridized carbons (Fsp3) is 0.467. The Bertz CT molecular complexity index is 858. The maximum atomic E-state index is 12.6. The zero-order chi connectivity index (χ0) is 17.4. The van der Waals surface area contributed by atoms with Crippen LogP contribution in [0.15, 0.2) is 33.2 Å². The monoisotopic (exact) mass is 358 g/mol. The summed E-state index contributed by atoms with van der Waals surface area (Å²) in [6.07, 6.45) is 4.63. The summed E-state index contributed by atoms with van der Waals surface area (Å²) in [6, 6.07) is 0. The van der Waals surface area contributed by atoms with Gasteiger partial charge in [-0.05, 0) is 25.3 Å². The van der Waals surface area contributed by atoms with E-state index in [1.54, 1.807) is 13.8 Å². The third-order valence-electron chi connectivity index (χ3n) is 3.99. The van der Waals surface area contributed by atoms with E-state index in [-0.39, 0.29) is 22.6 Å². The van der Waals surface area contributed by atoms with Crippen LogP contribution in [0.2, 0.25) is 0 Å². The Morgan fingerprint density at radius 2 is 2.09 bits per heavy atom. The molecule has 0 spiro atoms. The van der Waals surface area contributed by atoms with Crippen molar-refractivity contribution < 1.29 is 13.2 Å². The van der Waals surface area contributed by atoms with Crippen LogP contribution >= 0.6 is 11.6 Å². The molecule has 2 rings (SSSR count). The number of Topliss-reactive ketones (excluding diaryl/α,β-unsaturated/α-hetero) is 1. The number of H-pyrrole nitrogens is 1. The Balaban J connectivity index is 2.47. The van der Waals surface area contributed by atoms with Crippen LogP contribution in [0.3, 0.4) is 0 Å². The second kappa shape index (κ2) is 6.49. The summed E-state index contributed by atoms with van der Waals surface area (Å²) in [6.45, 7) is 4.00. The molecule has 1 aromatic heterocycles. The van der Waals surface area contributed by atoms with Crippen molar-refractivity contribution in [3.05, 3.63) is 44.4 Å². The van der Waals surface area contributed by atoms with Gasteiger partial charge in [-0.3, -0.25) is 14.3 Å². The average Bonchev–Trinajstić information content (AvgIpc) is 2.86. The van der Waals surface area contributed by atoms with Crippen molar-refractivity contribution >= 4 is 27.2 Å².